The second-order valence-electron chi connectivity index (χ2n) is 2.73. The number of benzene rings is 1. The summed E-state index contributed by atoms with van der Waals surface area (Å²) in [5.74, 6) is -1.11. The molecule has 0 atom stereocenters. The Morgan fingerprint density at radius 3 is 2.23 bits per heavy atom. The number of carbonyl (C=O) groups excluding carboxylic acids is 1. The number of hydrogen-bond acceptors (Lipinski definition) is 2. The molecule has 3 heteroatoms. The fourth-order valence-electron chi connectivity index (χ4n) is 1.10. The van der Waals surface area contributed by atoms with Gasteiger partial charge in [0, 0.05) is 0 Å². The SMILES string of the molecule is CCCc1ccc(C(=O)[O-])cc1.[Li+]. The van der Waals surface area contributed by atoms with Crippen molar-refractivity contribution < 1.29 is 28.8 Å². The third-order valence-electron chi connectivity index (χ3n) is 1.73. The van der Waals surface area contributed by atoms with E-state index in [1.165, 1.54) is 5.56 Å². The molecule has 0 aliphatic heterocycles. The number of hydrogen-bond donors (Lipinski definition) is 0. The second-order valence-corrected chi connectivity index (χ2v) is 2.73. The van der Waals surface area contributed by atoms with E-state index in [1.807, 2.05) is 12.1 Å². The summed E-state index contributed by atoms with van der Waals surface area (Å²) in [6.45, 7) is 2.09. The van der Waals surface area contributed by atoms with E-state index < -0.39 is 5.97 Å². The Hall–Kier alpha value is -0.713. The molecule has 0 unspecified atom stereocenters. The van der Waals surface area contributed by atoms with Crippen LogP contribution in [-0.2, 0) is 6.42 Å². The normalized spacial score (nSPS) is 9.00. The van der Waals surface area contributed by atoms with Crippen LogP contribution in [0.5, 0.6) is 0 Å². The van der Waals surface area contributed by atoms with E-state index >= 15 is 0 Å². The molecule has 0 saturated heterocycles. The van der Waals surface area contributed by atoms with Gasteiger partial charge in [0.15, 0.2) is 0 Å². The number of carbonyl (C=O) groups is 1. The molecule has 0 spiro atoms. The van der Waals surface area contributed by atoms with Gasteiger partial charge in [0.25, 0.3) is 0 Å². The molecule has 0 fully saturated rings. The van der Waals surface area contributed by atoms with Gasteiger partial charge in [-0.05, 0) is 17.5 Å². The number of aromatic carboxylic acids is 1. The molecule has 0 aromatic heterocycles. The van der Waals surface area contributed by atoms with Crippen LogP contribution in [0.2, 0.25) is 0 Å². The third-order valence-corrected chi connectivity index (χ3v) is 1.73. The van der Waals surface area contributed by atoms with Crippen molar-refractivity contribution in [3.8, 4) is 0 Å². The zero-order chi connectivity index (χ0) is 8.97. The average molecular weight is 170 g/mol. The quantitative estimate of drug-likeness (QED) is 0.492. The van der Waals surface area contributed by atoms with Crippen molar-refractivity contribution in [3.05, 3.63) is 35.4 Å². The summed E-state index contributed by atoms with van der Waals surface area (Å²) >= 11 is 0. The monoisotopic (exact) mass is 170 g/mol. The molecule has 0 heterocycles. The summed E-state index contributed by atoms with van der Waals surface area (Å²) in [6.07, 6.45) is 2.07. The van der Waals surface area contributed by atoms with Gasteiger partial charge in [-0.2, -0.15) is 0 Å². The fourth-order valence-corrected chi connectivity index (χ4v) is 1.10. The maximum absolute atomic E-state index is 10.4. The van der Waals surface area contributed by atoms with Crippen molar-refractivity contribution in [3.63, 3.8) is 0 Å². The Bertz CT molecular complexity index is 267. The van der Waals surface area contributed by atoms with Gasteiger partial charge in [0.2, 0.25) is 0 Å². The topological polar surface area (TPSA) is 40.1 Å². The third kappa shape index (κ3) is 3.67. The van der Waals surface area contributed by atoms with Crippen LogP contribution in [0.3, 0.4) is 0 Å². The second kappa shape index (κ2) is 5.85. The molecule has 1 aromatic rings. The molecule has 0 saturated carbocycles. The number of carboxylic acids is 1. The Kier molecular flexibility index (Phi) is 5.53. The van der Waals surface area contributed by atoms with Gasteiger partial charge in [-0.25, -0.2) is 0 Å². The minimum Gasteiger partial charge on any atom is -0.545 e. The molecule has 0 aliphatic rings. The largest absolute Gasteiger partial charge is 1.00 e. The first-order chi connectivity index (χ1) is 5.74. The first-order valence-corrected chi connectivity index (χ1v) is 4.04. The summed E-state index contributed by atoms with van der Waals surface area (Å²) in [5, 5.41) is 10.4. The van der Waals surface area contributed by atoms with Crippen molar-refractivity contribution in [2.75, 3.05) is 0 Å². The van der Waals surface area contributed by atoms with Crippen molar-refractivity contribution >= 4 is 5.97 Å². The van der Waals surface area contributed by atoms with Gasteiger partial charge < -0.3 is 9.90 Å². The first kappa shape index (κ1) is 12.3. The molecule has 64 valence electrons. The van der Waals surface area contributed by atoms with Crippen LogP contribution in [0.1, 0.15) is 29.3 Å². The zero-order valence-corrected chi connectivity index (χ0v) is 8.04. The van der Waals surface area contributed by atoms with Crippen LogP contribution in [-0.4, -0.2) is 5.97 Å². The average Bonchev–Trinajstić information content (AvgIpc) is 2.06. The molecule has 0 amide bonds. The molecule has 2 nitrogen and oxygen atoms in total. The molecular weight excluding hydrogens is 159 g/mol. The van der Waals surface area contributed by atoms with Crippen molar-refractivity contribution in [1.82, 2.24) is 0 Å². The molecule has 0 aliphatic carbocycles. The van der Waals surface area contributed by atoms with E-state index in [-0.39, 0.29) is 24.4 Å². The number of carboxylic acid groups (broad SMARTS) is 1. The summed E-state index contributed by atoms with van der Waals surface area (Å²) in [6, 6.07) is 6.82. The predicted molar refractivity (Wildman–Crippen MR) is 44.8 cm³/mol. The molecular formula is C10H11LiO2. The summed E-state index contributed by atoms with van der Waals surface area (Å²) in [4.78, 5) is 10.4. The minimum absolute atomic E-state index is 0. The summed E-state index contributed by atoms with van der Waals surface area (Å²) in [5.41, 5.74) is 1.41. The van der Waals surface area contributed by atoms with Crippen LogP contribution < -0.4 is 24.0 Å². The van der Waals surface area contributed by atoms with Crippen LogP contribution in [0.25, 0.3) is 0 Å². The van der Waals surface area contributed by atoms with E-state index in [0.29, 0.717) is 0 Å². The number of aryl methyl sites for hydroxylation is 1. The molecule has 0 radical (unpaired) electrons. The summed E-state index contributed by atoms with van der Waals surface area (Å²) < 4.78 is 0. The van der Waals surface area contributed by atoms with Gasteiger partial charge in [-0.15, -0.1) is 0 Å². The predicted octanol–water partition coefficient (Wildman–Crippen LogP) is -1.99. The Morgan fingerprint density at radius 2 is 1.85 bits per heavy atom. The van der Waals surface area contributed by atoms with E-state index in [0.717, 1.165) is 12.8 Å². The van der Waals surface area contributed by atoms with E-state index in [2.05, 4.69) is 6.92 Å². The Balaban J connectivity index is 0.00000144. The van der Waals surface area contributed by atoms with Crippen molar-refractivity contribution in [2.45, 2.75) is 19.8 Å². The smallest absolute Gasteiger partial charge is 0.545 e. The molecule has 1 rings (SSSR count). The van der Waals surface area contributed by atoms with E-state index in [4.69, 9.17) is 0 Å². The maximum atomic E-state index is 10.4. The molecule has 13 heavy (non-hydrogen) atoms. The Labute approximate surface area is 90.1 Å². The van der Waals surface area contributed by atoms with Gasteiger partial charge in [-0.1, -0.05) is 37.6 Å². The van der Waals surface area contributed by atoms with E-state index in [1.54, 1.807) is 12.1 Å². The standard InChI is InChI=1S/C10H12O2.Li/c1-2-3-8-4-6-9(7-5-8)10(11)12;/h4-7H,2-3H2,1H3,(H,11,12);/q;+1/p-1. The van der Waals surface area contributed by atoms with Crippen LogP contribution in [0.4, 0.5) is 0 Å². The van der Waals surface area contributed by atoms with E-state index in [9.17, 15) is 9.90 Å². The van der Waals surface area contributed by atoms with Crippen LogP contribution in [0.15, 0.2) is 24.3 Å². The zero-order valence-electron chi connectivity index (χ0n) is 8.04. The molecule has 0 N–H and O–H groups in total. The summed E-state index contributed by atoms with van der Waals surface area (Å²) in [7, 11) is 0. The van der Waals surface area contributed by atoms with Gasteiger partial charge in [0.1, 0.15) is 0 Å². The van der Waals surface area contributed by atoms with Crippen molar-refractivity contribution in [2.24, 2.45) is 0 Å². The molecule has 0 bridgehead atoms. The number of rotatable bonds is 3. The van der Waals surface area contributed by atoms with Gasteiger partial charge in [0.05, 0.1) is 5.97 Å². The Morgan fingerprint density at radius 1 is 1.31 bits per heavy atom. The molecule has 1 aromatic carbocycles. The van der Waals surface area contributed by atoms with Crippen molar-refractivity contribution in [1.29, 1.82) is 0 Å². The minimum atomic E-state index is -1.11. The van der Waals surface area contributed by atoms with Crippen LogP contribution in [0, 0.1) is 0 Å². The first-order valence-electron chi connectivity index (χ1n) is 4.04. The van der Waals surface area contributed by atoms with Crippen LogP contribution >= 0.6 is 0 Å². The fraction of sp³-hybridized carbons (Fsp3) is 0.300. The van der Waals surface area contributed by atoms with Gasteiger partial charge in [-0.3, -0.25) is 0 Å². The maximum Gasteiger partial charge on any atom is 1.00 e. The van der Waals surface area contributed by atoms with Gasteiger partial charge >= 0.3 is 18.9 Å².